The molecule has 1 amide bonds. The van der Waals surface area contributed by atoms with Gasteiger partial charge in [-0.3, -0.25) is 4.79 Å². The first kappa shape index (κ1) is 17.7. The van der Waals surface area contributed by atoms with E-state index in [4.69, 9.17) is 0 Å². The van der Waals surface area contributed by atoms with Crippen molar-refractivity contribution >= 4 is 40.9 Å². The summed E-state index contributed by atoms with van der Waals surface area (Å²) in [6.45, 7) is 6.25. The highest BCUT2D eigenvalue weighted by molar-refractivity contribution is 14.1. The quantitative estimate of drug-likeness (QED) is 0.755. The van der Waals surface area contributed by atoms with Crippen molar-refractivity contribution in [3.8, 4) is 0 Å². The summed E-state index contributed by atoms with van der Waals surface area (Å²) in [6.07, 6.45) is 2.40. The molecule has 0 aliphatic carbocycles. The number of piperidine rings is 1. The monoisotopic (exact) mass is 408 g/mol. The maximum Gasteiger partial charge on any atom is 0.252 e. The van der Waals surface area contributed by atoms with Crippen molar-refractivity contribution in [2.75, 3.05) is 13.1 Å². The van der Waals surface area contributed by atoms with Gasteiger partial charge in [-0.1, -0.05) is 12.1 Å². The maximum absolute atomic E-state index is 12.3. The molecule has 2 unspecified atom stereocenters. The van der Waals surface area contributed by atoms with E-state index in [0.717, 1.165) is 27.8 Å². The zero-order valence-corrected chi connectivity index (χ0v) is 14.9. The van der Waals surface area contributed by atoms with E-state index in [1.807, 2.05) is 25.1 Å². The molecule has 2 N–H and O–H groups in total. The van der Waals surface area contributed by atoms with E-state index in [1.165, 1.54) is 12.8 Å². The lowest BCUT2D eigenvalue weighted by atomic mass is 9.92. The highest BCUT2D eigenvalue weighted by atomic mass is 127. The number of nitrogens with one attached hydrogen (secondary N) is 2. The number of aryl methyl sites for hydroxylation is 1. The van der Waals surface area contributed by atoms with E-state index < -0.39 is 0 Å². The highest BCUT2D eigenvalue weighted by Crippen LogP contribution is 2.18. The van der Waals surface area contributed by atoms with Gasteiger partial charge in [0.1, 0.15) is 0 Å². The summed E-state index contributed by atoms with van der Waals surface area (Å²) in [4.78, 5) is 12.3. The minimum absolute atomic E-state index is 0. The van der Waals surface area contributed by atoms with Gasteiger partial charge in [0.2, 0.25) is 0 Å². The zero-order chi connectivity index (χ0) is 13.8. The maximum atomic E-state index is 12.3. The van der Waals surface area contributed by atoms with Crippen LogP contribution in [-0.4, -0.2) is 25.0 Å². The second-order valence-electron chi connectivity index (χ2n) is 5.31. The number of hydrogen-bond donors (Lipinski definition) is 2. The fraction of sp³-hybridized carbons (Fsp3) is 0.533. The number of carbonyl (C=O) groups is 1. The van der Waals surface area contributed by atoms with E-state index in [0.29, 0.717) is 5.92 Å². The lowest BCUT2D eigenvalue weighted by molar-refractivity contribution is 0.0921. The number of rotatable bonds is 3. The Bertz CT molecular complexity index is 461. The van der Waals surface area contributed by atoms with Gasteiger partial charge in [0.25, 0.3) is 5.91 Å². The van der Waals surface area contributed by atoms with Crippen LogP contribution in [0.5, 0.6) is 0 Å². The molecule has 1 heterocycles. The molecule has 112 valence electrons. The molecular weight excluding hydrogens is 387 g/mol. The standard InChI is InChI=1S/C15H21IN2O.ClH/c1-10-5-3-7-13(14(10)16)15(19)18-11(2)12-6-4-8-17-9-12;/h3,5,7,11-12,17H,4,6,8-9H2,1-2H3,(H,18,19);1H. The molecule has 0 aromatic heterocycles. The van der Waals surface area contributed by atoms with Crippen molar-refractivity contribution in [3.63, 3.8) is 0 Å². The predicted octanol–water partition coefficient (Wildman–Crippen LogP) is 3.14. The van der Waals surface area contributed by atoms with E-state index >= 15 is 0 Å². The molecule has 1 aliphatic rings. The van der Waals surface area contributed by atoms with Gasteiger partial charge in [0, 0.05) is 9.61 Å². The van der Waals surface area contributed by atoms with Gasteiger partial charge in [0.05, 0.1) is 5.56 Å². The first-order valence-electron chi connectivity index (χ1n) is 6.86. The lowest BCUT2D eigenvalue weighted by Crippen LogP contribution is -2.44. The Kier molecular flexibility index (Phi) is 7.26. The van der Waals surface area contributed by atoms with Gasteiger partial charge in [-0.15, -0.1) is 12.4 Å². The molecule has 1 saturated heterocycles. The number of carbonyl (C=O) groups excluding carboxylic acids is 1. The molecule has 20 heavy (non-hydrogen) atoms. The molecule has 5 heteroatoms. The minimum Gasteiger partial charge on any atom is -0.349 e. The third-order valence-electron chi connectivity index (χ3n) is 3.84. The second kappa shape index (κ2) is 8.20. The normalized spacial score (nSPS) is 19.9. The van der Waals surface area contributed by atoms with Crippen LogP contribution in [0.15, 0.2) is 18.2 Å². The Morgan fingerprint density at radius 3 is 2.90 bits per heavy atom. The van der Waals surface area contributed by atoms with Crippen LogP contribution in [0, 0.1) is 16.4 Å². The number of benzene rings is 1. The van der Waals surface area contributed by atoms with E-state index in [2.05, 4.69) is 40.1 Å². The largest absolute Gasteiger partial charge is 0.349 e. The first-order valence-corrected chi connectivity index (χ1v) is 7.94. The fourth-order valence-corrected chi connectivity index (χ4v) is 3.14. The zero-order valence-electron chi connectivity index (χ0n) is 11.9. The molecule has 1 aliphatic heterocycles. The third kappa shape index (κ3) is 4.33. The molecule has 0 bridgehead atoms. The van der Waals surface area contributed by atoms with Crippen LogP contribution < -0.4 is 10.6 Å². The molecule has 2 rings (SSSR count). The number of halogens is 2. The lowest BCUT2D eigenvalue weighted by Gasteiger charge is -2.29. The van der Waals surface area contributed by atoms with Crippen LogP contribution >= 0.6 is 35.0 Å². The Morgan fingerprint density at radius 1 is 1.50 bits per heavy atom. The van der Waals surface area contributed by atoms with Crippen molar-refractivity contribution in [1.29, 1.82) is 0 Å². The van der Waals surface area contributed by atoms with Crippen molar-refractivity contribution < 1.29 is 4.79 Å². The Hall–Kier alpha value is -0.330. The number of hydrogen-bond acceptors (Lipinski definition) is 2. The Labute approximate surface area is 140 Å². The molecule has 1 aromatic carbocycles. The van der Waals surface area contributed by atoms with Gasteiger partial charge in [0.15, 0.2) is 0 Å². The summed E-state index contributed by atoms with van der Waals surface area (Å²) in [5, 5.41) is 6.55. The Morgan fingerprint density at radius 2 is 2.25 bits per heavy atom. The molecule has 1 fully saturated rings. The summed E-state index contributed by atoms with van der Waals surface area (Å²) >= 11 is 2.25. The molecule has 0 radical (unpaired) electrons. The summed E-state index contributed by atoms with van der Waals surface area (Å²) < 4.78 is 1.05. The first-order chi connectivity index (χ1) is 9.09. The van der Waals surface area contributed by atoms with Crippen LogP contribution in [0.25, 0.3) is 0 Å². The average Bonchev–Trinajstić information content (AvgIpc) is 2.42. The van der Waals surface area contributed by atoms with Gasteiger partial charge >= 0.3 is 0 Å². The van der Waals surface area contributed by atoms with Crippen molar-refractivity contribution in [3.05, 3.63) is 32.9 Å². The van der Waals surface area contributed by atoms with Crippen molar-refractivity contribution in [2.45, 2.75) is 32.7 Å². The summed E-state index contributed by atoms with van der Waals surface area (Å²) in [5.41, 5.74) is 1.94. The summed E-state index contributed by atoms with van der Waals surface area (Å²) in [7, 11) is 0. The fourth-order valence-electron chi connectivity index (χ4n) is 2.53. The average molecular weight is 409 g/mol. The van der Waals surface area contributed by atoms with Gasteiger partial charge in [-0.2, -0.15) is 0 Å². The molecule has 2 atom stereocenters. The van der Waals surface area contributed by atoms with Crippen molar-refractivity contribution in [2.24, 2.45) is 5.92 Å². The van der Waals surface area contributed by atoms with Crippen LogP contribution in [0.1, 0.15) is 35.7 Å². The molecule has 3 nitrogen and oxygen atoms in total. The van der Waals surface area contributed by atoms with Gasteiger partial charge in [-0.05, 0) is 79.9 Å². The highest BCUT2D eigenvalue weighted by Gasteiger charge is 2.22. The van der Waals surface area contributed by atoms with Crippen molar-refractivity contribution in [1.82, 2.24) is 10.6 Å². The molecular formula is C15H22ClIN2O. The minimum atomic E-state index is 0. The summed E-state index contributed by atoms with van der Waals surface area (Å²) in [5.74, 6) is 0.589. The smallest absolute Gasteiger partial charge is 0.252 e. The predicted molar refractivity (Wildman–Crippen MR) is 93.7 cm³/mol. The molecule has 0 saturated carbocycles. The number of amides is 1. The van der Waals surface area contributed by atoms with Crippen LogP contribution in [-0.2, 0) is 0 Å². The third-order valence-corrected chi connectivity index (χ3v) is 5.27. The molecule has 0 spiro atoms. The van der Waals surface area contributed by atoms with Crippen LogP contribution in [0.2, 0.25) is 0 Å². The molecule has 1 aromatic rings. The van der Waals surface area contributed by atoms with E-state index in [-0.39, 0.29) is 24.4 Å². The van der Waals surface area contributed by atoms with Gasteiger partial charge < -0.3 is 10.6 Å². The SMILES string of the molecule is Cc1cccc(C(=O)NC(C)C2CCCNC2)c1I.Cl. The second-order valence-corrected chi connectivity index (χ2v) is 6.38. The summed E-state index contributed by atoms with van der Waals surface area (Å²) in [6, 6.07) is 6.10. The van der Waals surface area contributed by atoms with E-state index in [9.17, 15) is 4.79 Å². The van der Waals surface area contributed by atoms with Gasteiger partial charge in [-0.25, -0.2) is 0 Å². The topological polar surface area (TPSA) is 41.1 Å². The van der Waals surface area contributed by atoms with E-state index in [1.54, 1.807) is 0 Å². The van der Waals surface area contributed by atoms with Crippen LogP contribution in [0.3, 0.4) is 0 Å². The Balaban J connectivity index is 0.00000200. The van der Waals surface area contributed by atoms with Crippen LogP contribution in [0.4, 0.5) is 0 Å².